The van der Waals surface area contributed by atoms with Crippen LogP contribution in [0.2, 0.25) is 0 Å². The normalized spacial score (nSPS) is 33.3. The van der Waals surface area contributed by atoms with Crippen LogP contribution < -0.4 is 0 Å². The fourth-order valence-corrected chi connectivity index (χ4v) is 2.22. The molecule has 0 aromatic heterocycles. The zero-order valence-electron chi connectivity index (χ0n) is 11.5. The fraction of sp³-hybridized carbons (Fsp3) is 0.667. The van der Waals surface area contributed by atoms with Crippen molar-refractivity contribution in [2.75, 3.05) is 0 Å². The van der Waals surface area contributed by atoms with Crippen LogP contribution in [0.1, 0.15) is 53.4 Å². The highest BCUT2D eigenvalue weighted by Gasteiger charge is 2.43. The Hall–Kier alpha value is -0.890. The second-order valence-corrected chi connectivity index (χ2v) is 5.59. The standard InChI is InChI=1S/C15H24O2/c1-6-14(4)11-9-13(16)15(5,17-14)10-7-8-12(2)3/h6,8H,1,7,9-11H2,2-5H3/t14-,15+/m1/s1. The molecule has 0 unspecified atom stereocenters. The number of carbonyl (C=O) groups is 1. The molecular weight excluding hydrogens is 212 g/mol. The van der Waals surface area contributed by atoms with E-state index in [0.717, 1.165) is 19.3 Å². The van der Waals surface area contributed by atoms with E-state index in [-0.39, 0.29) is 11.4 Å². The minimum atomic E-state index is -0.646. The van der Waals surface area contributed by atoms with E-state index >= 15 is 0 Å². The van der Waals surface area contributed by atoms with E-state index in [0.29, 0.717) is 6.42 Å². The number of allylic oxidation sites excluding steroid dienone is 2. The van der Waals surface area contributed by atoms with E-state index in [1.54, 1.807) is 0 Å². The molecular formula is C15H24O2. The number of carbonyl (C=O) groups excluding carboxylic acids is 1. The summed E-state index contributed by atoms with van der Waals surface area (Å²) in [6.45, 7) is 11.9. The predicted molar refractivity (Wildman–Crippen MR) is 71.0 cm³/mol. The van der Waals surface area contributed by atoms with E-state index in [2.05, 4.69) is 26.5 Å². The summed E-state index contributed by atoms with van der Waals surface area (Å²) in [7, 11) is 0. The van der Waals surface area contributed by atoms with Crippen molar-refractivity contribution >= 4 is 5.78 Å². The van der Waals surface area contributed by atoms with Gasteiger partial charge in [0.05, 0.1) is 5.60 Å². The number of Topliss-reactive ketones (excluding diaryl/α,β-unsaturated/α-hetero) is 1. The maximum atomic E-state index is 12.0. The largest absolute Gasteiger partial charge is 0.357 e. The molecule has 0 aliphatic carbocycles. The lowest BCUT2D eigenvalue weighted by molar-refractivity contribution is -0.174. The maximum absolute atomic E-state index is 12.0. The molecule has 0 radical (unpaired) electrons. The van der Waals surface area contributed by atoms with Crippen LogP contribution in [0.5, 0.6) is 0 Å². The van der Waals surface area contributed by atoms with Crippen LogP contribution >= 0.6 is 0 Å². The van der Waals surface area contributed by atoms with Crippen LogP contribution in [-0.4, -0.2) is 17.0 Å². The molecule has 96 valence electrons. The first-order valence-electron chi connectivity index (χ1n) is 6.32. The summed E-state index contributed by atoms with van der Waals surface area (Å²) in [6, 6.07) is 0. The number of ketones is 1. The average molecular weight is 236 g/mol. The van der Waals surface area contributed by atoms with E-state index in [1.807, 2.05) is 19.9 Å². The van der Waals surface area contributed by atoms with Crippen molar-refractivity contribution in [1.29, 1.82) is 0 Å². The lowest BCUT2D eigenvalue weighted by Crippen LogP contribution is -2.50. The molecule has 1 aliphatic rings. The topological polar surface area (TPSA) is 26.3 Å². The average Bonchev–Trinajstić information content (AvgIpc) is 2.24. The van der Waals surface area contributed by atoms with E-state index < -0.39 is 5.60 Å². The van der Waals surface area contributed by atoms with Gasteiger partial charge in [-0.05, 0) is 47.0 Å². The van der Waals surface area contributed by atoms with Crippen molar-refractivity contribution < 1.29 is 9.53 Å². The lowest BCUT2D eigenvalue weighted by Gasteiger charge is -2.42. The van der Waals surface area contributed by atoms with Crippen molar-refractivity contribution in [1.82, 2.24) is 0 Å². The quantitative estimate of drug-likeness (QED) is 0.694. The van der Waals surface area contributed by atoms with Crippen LogP contribution in [0.15, 0.2) is 24.3 Å². The Morgan fingerprint density at radius 2 is 2.12 bits per heavy atom. The van der Waals surface area contributed by atoms with Crippen molar-refractivity contribution in [2.45, 2.75) is 64.6 Å². The highest BCUT2D eigenvalue weighted by Crippen LogP contribution is 2.36. The number of rotatable bonds is 4. The monoisotopic (exact) mass is 236 g/mol. The molecule has 1 aliphatic heterocycles. The highest BCUT2D eigenvalue weighted by molar-refractivity contribution is 5.87. The summed E-state index contributed by atoms with van der Waals surface area (Å²) in [5.41, 5.74) is 0.282. The molecule has 0 spiro atoms. The SMILES string of the molecule is C=C[C@]1(C)CCC(=O)[C@](C)(CCC=C(C)C)O1. The summed E-state index contributed by atoms with van der Waals surface area (Å²) in [6.07, 6.45) is 6.94. The molecule has 0 amide bonds. The Morgan fingerprint density at radius 3 is 2.65 bits per heavy atom. The van der Waals surface area contributed by atoms with Gasteiger partial charge in [-0.3, -0.25) is 4.79 Å². The molecule has 17 heavy (non-hydrogen) atoms. The molecule has 0 saturated carbocycles. The Kier molecular flexibility index (Phi) is 4.31. The minimum Gasteiger partial charge on any atom is -0.357 e. The molecule has 0 bridgehead atoms. The van der Waals surface area contributed by atoms with Crippen LogP contribution in [0, 0.1) is 0 Å². The lowest BCUT2D eigenvalue weighted by atomic mass is 9.83. The van der Waals surface area contributed by atoms with Gasteiger partial charge < -0.3 is 4.74 Å². The van der Waals surface area contributed by atoms with Gasteiger partial charge >= 0.3 is 0 Å². The van der Waals surface area contributed by atoms with Gasteiger partial charge in [-0.25, -0.2) is 0 Å². The summed E-state index contributed by atoms with van der Waals surface area (Å²) in [4.78, 5) is 12.0. The van der Waals surface area contributed by atoms with Gasteiger partial charge in [-0.2, -0.15) is 0 Å². The minimum absolute atomic E-state index is 0.221. The molecule has 0 aromatic rings. The summed E-state index contributed by atoms with van der Waals surface area (Å²) in [5.74, 6) is 0.221. The maximum Gasteiger partial charge on any atom is 0.164 e. The van der Waals surface area contributed by atoms with Gasteiger partial charge in [0.1, 0.15) is 5.60 Å². The number of hydrogen-bond donors (Lipinski definition) is 0. The molecule has 2 heteroatoms. The molecule has 1 saturated heterocycles. The highest BCUT2D eigenvalue weighted by atomic mass is 16.5. The van der Waals surface area contributed by atoms with Crippen LogP contribution in [-0.2, 0) is 9.53 Å². The molecule has 1 fully saturated rings. The predicted octanol–water partition coefficient (Wildman–Crippen LogP) is 3.82. The van der Waals surface area contributed by atoms with E-state index in [4.69, 9.17) is 4.74 Å². The summed E-state index contributed by atoms with van der Waals surface area (Å²) in [5, 5.41) is 0. The third kappa shape index (κ3) is 3.53. The second-order valence-electron chi connectivity index (χ2n) is 5.59. The van der Waals surface area contributed by atoms with E-state index in [1.165, 1.54) is 5.57 Å². The Labute approximate surface area is 105 Å². The van der Waals surface area contributed by atoms with Crippen molar-refractivity contribution in [2.24, 2.45) is 0 Å². The van der Waals surface area contributed by atoms with Crippen LogP contribution in [0.4, 0.5) is 0 Å². The molecule has 2 nitrogen and oxygen atoms in total. The van der Waals surface area contributed by atoms with E-state index in [9.17, 15) is 4.79 Å². The first-order valence-corrected chi connectivity index (χ1v) is 6.32. The van der Waals surface area contributed by atoms with Crippen molar-refractivity contribution in [3.8, 4) is 0 Å². The number of hydrogen-bond acceptors (Lipinski definition) is 2. The third-order valence-electron chi connectivity index (χ3n) is 3.50. The van der Waals surface area contributed by atoms with Crippen LogP contribution in [0.25, 0.3) is 0 Å². The van der Waals surface area contributed by atoms with Crippen LogP contribution in [0.3, 0.4) is 0 Å². The summed E-state index contributed by atoms with van der Waals surface area (Å²) < 4.78 is 6.01. The van der Waals surface area contributed by atoms with Gasteiger partial charge in [-0.15, -0.1) is 6.58 Å². The first-order chi connectivity index (χ1) is 7.81. The molecule has 0 N–H and O–H groups in total. The third-order valence-corrected chi connectivity index (χ3v) is 3.50. The molecule has 0 aromatic carbocycles. The Morgan fingerprint density at radius 1 is 1.47 bits per heavy atom. The molecule has 2 atom stereocenters. The van der Waals surface area contributed by atoms with Gasteiger partial charge in [-0.1, -0.05) is 17.7 Å². The Bertz CT molecular complexity index is 339. The van der Waals surface area contributed by atoms with Gasteiger partial charge in [0, 0.05) is 6.42 Å². The van der Waals surface area contributed by atoms with Crippen molar-refractivity contribution in [3.05, 3.63) is 24.3 Å². The zero-order chi connectivity index (χ0) is 13.1. The van der Waals surface area contributed by atoms with Gasteiger partial charge in [0.15, 0.2) is 5.78 Å². The van der Waals surface area contributed by atoms with Gasteiger partial charge in [0.2, 0.25) is 0 Å². The second kappa shape index (κ2) is 5.18. The summed E-state index contributed by atoms with van der Waals surface area (Å²) >= 11 is 0. The fourth-order valence-electron chi connectivity index (χ4n) is 2.22. The molecule has 1 rings (SSSR count). The molecule has 1 heterocycles. The van der Waals surface area contributed by atoms with Gasteiger partial charge in [0.25, 0.3) is 0 Å². The Balaban J connectivity index is 2.73. The number of ether oxygens (including phenoxy) is 1. The van der Waals surface area contributed by atoms with Crippen molar-refractivity contribution in [3.63, 3.8) is 0 Å². The zero-order valence-corrected chi connectivity index (χ0v) is 11.5. The first kappa shape index (κ1) is 14.2. The smallest absolute Gasteiger partial charge is 0.164 e.